The molecule has 21 heavy (non-hydrogen) atoms. The Labute approximate surface area is 126 Å². The molecule has 1 heterocycles. The molecule has 0 bridgehead atoms. The number of likely N-dealkylation sites (N-methyl/N-ethyl adjacent to an activating group) is 1. The summed E-state index contributed by atoms with van der Waals surface area (Å²) >= 11 is 0. The van der Waals surface area contributed by atoms with Crippen LogP contribution in [-0.4, -0.2) is 35.0 Å². The van der Waals surface area contributed by atoms with Crippen LogP contribution in [0, 0.1) is 6.92 Å². The van der Waals surface area contributed by atoms with Gasteiger partial charge in [0.25, 0.3) is 0 Å². The van der Waals surface area contributed by atoms with E-state index in [-0.39, 0.29) is 11.9 Å². The summed E-state index contributed by atoms with van der Waals surface area (Å²) in [6.07, 6.45) is 2.31. The molecule has 2 rings (SSSR count). The minimum atomic E-state index is -0.319. The molecule has 0 spiro atoms. The lowest BCUT2D eigenvalue weighted by Crippen LogP contribution is -2.37. The number of nitrogens with zero attached hydrogens (tertiary/aromatic N) is 2. The number of nitrogens with one attached hydrogen (secondary N) is 3. The summed E-state index contributed by atoms with van der Waals surface area (Å²) in [6.45, 7) is 9.21. The van der Waals surface area contributed by atoms with Crippen LogP contribution in [-0.2, 0) is 4.79 Å². The highest BCUT2D eigenvalue weighted by atomic mass is 16.2. The normalized spacial score (nSPS) is 15.4. The molecule has 1 unspecified atom stereocenters. The van der Waals surface area contributed by atoms with Crippen molar-refractivity contribution in [2.45, 2.75) is 52.5 Å². The molecule has 6 nitrogen and oxygen atoms in total. The minimum absolute atomic E-state index is 0.0199. The molecular weight excluding hydrogens is 266 g/mol. The number of rotatable bonds is 7. The molecule has 1 atom stereocenters. The first-order valence-corrected chi connectivity index (χ1v) is 7.73. The van der Waals surface area contributed by atoms with Gasteiger partial charge in [0.15, 0.2) is 0 Å². The molecule has 0 aromatic carbocycles. The fourth-order valence-electron chi connectivity index (χ4n) is 2.14. The standard InChI is InChI=1S/C15H25N5O/c1-5-16-12-9(3)13(18-10(4)15(21)17-6-2)20-14(19-12)11-7-8-11/h10-11H,5-8H2,1-4H3,(H,17,21)(H2,16,18,19,20). The monoisotopic (exact) mass is 291 g/mol. The Morgan fingerprint density at radius 2 is 1.90 bits per heavy atom. The molecule has 1 fully saturated rings. The van der Waals surface area contributed by atoms with Gasteiger partial charge in [0.1, 0.15) is 23.5 Å². The van der Waals surface area contributed by atoms with Crippen LogP contribution in [0.5, 0.6) is 0 Å². The van der Waals surface area contributed by atoms with E-state index in [1.54, 1.807) is 0 Å². The molecule has 0 saturated heterocycles. The highest BCUT2D eigenvalue weighted by Crippen LogP contribution is 2.39. The third-order valence-corrected chi connectivity index (χ3v) is 3.55. The Hall–Kier alpha value is -1.85. The molecule has 0 radical (unpaired) electrons. The van der Waals surface area contributed by atoms with Gasteiger partial charge in [-0.3, -0.25) is 4.79 Å². The van der Waals surface area contributed by atoms with Crippen LogP contribution in [0.2, 0.25) is 0 Å². The topological polar surface area (TPSA) is 78.9 Å². The highest BCUT2D eigenvalue weighted by molar-refractivity contribution is 5.84. The van der Waals surface area contributed by atoms with Gasteiger partial charge in [-0.15, -0.1) is 0 Å². The fraction of sp³-hybridized carbons (Fsp3) is 0.667. The third kappa shape index (κ3) is 3.83. The van der Waals surface area contributed by atoms with Crippen LogP contribution in [0.3, 0.4) is 0 Å². The number of hydrogen-bond acceptors (Lipinski definition) is 5. The maximum absolute atomic E-state index is 11.9. The summed E-state index contributed by atoms with van der Waals surface area (Å²) in [5, 5.41) is 9.30. The quantitative estimate of drug-likeness (QED) is 0.716. The van der Waals surface area contributed by atoms with Crippen molar-refractivity contribution in [2.24, 2.45) is 0 Å². The van der Waals surface area contributed by atoms with Crippen molar-refractivity contribution in [2.75, 3.05) is 23.7 Å². The Morgan fingerprint density at radius 3 is 2.48 bits per heavy atom. The molecule has 6 heteroatoms. The van der Waals surface area contributed by atoms with Crippen molar-refractivity contribution < 1.29 is 4.79 Å². The van der Waals surface area contributed by atoms with E-state index in [0.717, 1.165) is 42.4 Å². The van der Waals surface area contributed by atoms with Gasteiger partial charge in [-0.25, -0.2) is 9.97 Å². The Morgan fingerprint density at radius 1 is 1.24 bits per heavy atom. The van der Waals surface area contributed by atoms with Gasteiger partial charge < -0.3 is 16.0 Å². The molecule has 1 saturated carbocycles. The van der Waals surface area contributed by atoms with Gasteiger partial charge in [-0.05, 0) is 40.5 Å². The van der Waals surface area contributed by atoms with Crippen LogP contribution in [0.4, 0.5) is 11.6 Å². The van der Waals surface area contributed by atoms with E-state index in [2.05, 4.69) is 25.9 Å². The van der Waals surface area contributed by atoms with Crippen molar-refractivity contribution in [3.63, 3.8) is 0 Å². The first kappa shape index (κ1) is 15.5. The van der Waals surface area contributed by atoms with Crippen molar-refractivity contribution >= 4 is 17.5 Å². The Balaban J connectivity index is 2.22. The molecular formula is C15H25N5O. The smallest absolute Gasteiger partial charge is 0.242 e. The average Bonchev–Trinajstić information content (AvgIpc) is 3.28. The maximum Gasteiger partial charge on any atom is 0.242 e. The maximum atomic E-state index is 11.9. The second-order valence-corrected chi connectivity index (χ2v) is 5.47. The first-order chi connectivity index (χ1) is 10.1. The van der Waals surface area contributed by atoms with Crippen molar-refractivity contribution in [1.29, 1.82) is 0 Å². The summed E-state index contributed by atoms with van der Waals surface area (Å²) in [5.74, 6) is 2.94. The second-order valence-electron chi connectivity index (χ2n) is 5.47. The van der Waals surface area contributed by atoms with Crippen LogP contribution in [0.25, 0.3) is 0 Å². The van der Waals surface area contributed by atoms with Gasteiger partial charge in [0.2, 0.25) is 5.91 Å². The summed E-state index contributed by atoms with van der Waals surface area (Å²) in [5.41, 5.74) is 0.956. The van der Waals surface area contributed by atoms with E-state index in [1.165, 1.54) is 0 Å². The van der Waals surface area contributed by atoms with E-state index in [0.29, 0.717) is 12.5 Å². The van der Waals surface area contributed by atoms with E-state index >= 15 is 0 Å². The summed E-state index contributed by atoms with van der Waals surface area (Å²) in [7, 11) is 0. The highest BCUT2D eigenvalue weighted by Gasteiger charge is 2.28. The van der Waals surface area contributed by atoms with Gasteiger partial charge in [-0.2, -0.15) is 0 Å². The molecule has 1 aromatic rings. The van der Waals surface area contributed by atoms with E-state index in [9.17, 15) is 4.79 Å². The average molecular weight is 291 g/mol. The Bertz CT molecular complexity index is 513. The number of amides is 1. The molecule has 1 aromatic heterocycles. The fourth-order valence-corrected chi connectivity index (χ4v) is 2.14. The van der Waals surface area contributed by atoms with Crippen molar-refractivity contribution in [3.05, 3.63) is 11.4 Å². The van der Waals surface area contributed by atoms with E-state index in [1.807, 2.05) is 27.7 Å². The summed E-state index contributed by atoms with van der Waals surface area (Å²) in [6, 6.07) is -0.319. The van der Waals surface area contributed by atoms with Gasteiger partial charge in [0.05, 0.1) is 0 Å². The van der Waals surface area contributed by atoms with Crippen LogP contribution < -0.4 is 16.0 Å². The largest absolute Gasteiger partial charge is 0.370 e. The lowest BCUT2D eigenvalue weighted by Gasteiger charge is -2.18. The number of carbonyl (C=O) groups is 1. The number of anilines is 2. The predicted octanol–water partition coefficient (Wildman–Crippen LogP) is 2.03. The van der Waals surface area contributed by atoms with Crippen molar-refractivity contribution in [3.8, 4) is 0 Å². The van der Waals surface area contributed by atoms with Crippen LogP contribution in [0.15, 0.2) is 0 Å². The van der Waals surface area contributed by atoms with Crippen LogP contribution >= 0.6 is 0 Å². The molecule has 1 aliphatic rings. The van der Waals surface area contributed by atoms with Crippen LogP contribution in [0.1, 0.15) is 50.9 Å². The zero-order valence-electron chi connectivity index (χ0n) is 13.3. The molecule has 1 aliphatic carbocycles. The number of carbonyl (C=O) groups excluding carboxylic acids is 1. The third-order valence-electron chi connectivity index (χ3n) is 3.55. The summed E-state index contributed by atoms with van der Waals surface area (Å²) in [4.78, 5) is 21.1. The first-order valence-electron chi connectivity index (χ1n) is 7.73. The zero-order valence-corrected chi connectivity index (χ0v) is 13.3. The lowest BCUT2D eigenvalue weighted by atomic mass is 10.2. The number of aromatic nitrogens is 2. The molecule has 1 amide bonds. The predicted molar refractivity (Wildman–Crippen MR) is 84.7 cm³/mol. The minimum Gasteiger partial charge on any atom is -0.370 e. The molecule has 116 valence electrons. The van der Waals surface area contributed by atoms with E-state index < -0.39 is 0 Å². The molecule has 0 aliphatic heterocycles. The van der Waals surface area contributed by atoms with Gasteiger partial charge >= 0.3 is 0 Å². The Kier molecular flexibility index (Phi) is 4.98. The number of hydrogen-bond donors (Lipinski definition) is 3. The second kappa shape index (κ2) is 6.74. The SMILES string of the molecule is CCNC(=O)C(C)Nc1nc(C2CC2)nc(NCC)c1C. The lowest BCUT2D eigenvalue weighted by molar-refractivity contribution is -0.121. The summed E-state index contributed by atoms with van der Waals surface area (Å²) < 4.78 is 0. The molecule has 3 N–H and O–H groups in total. The van der Waals surface area contributed by atoms with Crippen molar-refractivity contribution in [1.82, 2.24) is 15.3 Å². The zero-order chi connectivity index (χ0) is 15.4. The van der Waals surface area contributed by atoms with Gasteiger partial charge in [-0.1, -0.05) is 0 Å². The van der Waals surface area contributed by atoms with Gasteiger partial charge in [0, 0.05) is 24.6 Å². The van der Waals surface area contributed by atoms with E-state index in [4.69, 9.17) is 0 Å².